The summed E-state index contributed by atoms with van der Waals surface area (Å²) >= 11 is 0. The molecule has 0 bridgehead atoms. The smallest absolute Gasteiger partial charge is 0.303 e. The van der Waals surface area contributed by atoms with Gasteiger partial charge in [0.15, 0.2) is 0 Å². The Bertz CT molecular complexity index is 621. The highest BCUT2D eigenvalue weighted by Crippen LogP contribution is 2.26. The summed E-state index contributed by atoms with van der Waals surface area (Å²) in [5, 5.41) is 11.6. The van der Waals surface area contributed by atoms with Gasteiger partial charge in [-0.1, -0.05) is 19.9 Å². The molecule has 0 atom stereocenters. The number of benzene rings is 1. The van der Waals surface area contributed by atoms with Crippen LogP contribution in [0.5, 0.6) is 0 Å². The minimum absolute atomic E-state index is 0.0846. The standard InChI is InChI=1S/C17H24N2O4/c1-11-6-7-12(8-13(11)16(23)19(4)5)18-14(20)9-17(2,3)10-15(21)22/h6-8H,9-10H2,1-5H3,(H,18,20)(H,21,22). The van der Waals surface area contributed by atoms with Crippen LogP contribution < -0.4 is 5.32 Å². The molecule has 0 aliphatic rings. The first-order valence-corrected chi connectivity index (χ1v) is 7.36. The lowest BCUT2D eigenvalue weighted by molar-refractivity contribution is -0.139. The van der Waals surface area contributed by atoms with Crippen LogP contribution in [0.15, 0.2) is 18.2 Å². The van der Waals surface area contributed by atoms with Crippen LogP contribution in [0.4, 0.5) is 5.69 Å². The molecule has 0 radical (unpaired) electrons. The number of anilines is 1. The molecule has 0 spiro atoms. The fourth-order valence-corrected chi connectivity index (χ4v) is 2.28. The molecule has 6 heteroatoms. The number of amides is 2. The summed E-state index contributed by atoms with van der Waals surface area (Å²) in [6, 6.07) is 5.14. The number of nitrogens with one attached hydrogen (secondary N) is 1. The number of rotatable bonds is 6. The quantitative estimate of drug-likeness (QED) is 0.843. The van der Waals surface area contributed by atoms with Gasteiger partial charge in [-0.15, -0.1) is 0 Å². The molecule has 2 N–H and O–H groups in total. The average molecular weight is 320 g/mol. The van der Waals surface area contributed by atoms with E-state index in [0.717, 1.165) is 5.56 Å². The van der Waals surface area contributed by atoms with Crippen LogP contribution in [0.3, 0.4) is 0 Å². The van der Waals surface area contributed by atoms with Crippen molar-refractivity contribution < 1.29 is 19.5 Å². The number of aryl methyl sites for hydroxylation is 1. The Kier molecular flexibility index (Phi) is 5.90. The summed E-state index contributed by atoms with van der Waals surface area (Å²) in [6.45, 7) is 5.30. The van der Waals surface area contributed by atoms with Gasteiger partial charge < -0.3 is 15.3 Å². The fraction of sp³-hybridized carbons (Fsp3) is 0.471. The minimum Gasteiger partial charge on any atom is -0.481 e. The number of hydrogen-bond acceptors (Lipinski definition) is 3. The number of hydrogen-bond donors (Lipinski definition) is 2. The van der Waals surface area contributed by atoms with Crippen molar-refractivity contribution in [2.24, 2.45) is 5.41 Å². The highest BCUT2D eigenvalue weighted by atomic mass is 16.4. The Hall–Kier alpha value is -2.37. The molecule has 0 fully saturated rings. The largest absolute Gasteiger partial charge is 0.481 e. The van der Waals surface area contributed by atoms with Gasteiger partial charge in [0, 0.05) is 31.8 Å². The van der Waals surface area contributed by atoms with Crippen molar-refractivity contribution in [3.05, 3.63) is 29.3 Å². The summed E-state index contributed by atoms with van der Waals surface area (Å²) in [7, 11) is 3.34. The molecular formula is C17H24N2O4. The van der Waals surface area contributed by atoms with E-state index in [4.69, 9.17) is 5.11 Å². The van der Waals surface area contributed by atoms with Gasteiger partial charge >= 0.3 is 5.97 Å². The summed E-state index contributed by atoms with van der Waals surface area (Å²) in [6.07, 6.45) is 0.00280. The first kappa shape index (κ1) is 18.7. The van der Waals surface area contributed by atoms with E-state index in [-0.39, 0.29) is 24.7 Å². The zero-order chi connectivity index (χ0) is 17.8. The molecule has 1 aromatic carbocycles. The molecule has 126 valence electrons. The molecule has 0 heterocycles. The molecule has 0 aliphatic carbocycles. The number of carboxylic acids is 1. The maximum absolute atomic E-state index is 12.1. The molecule has 1 aromatic rings. The number of nitrogens with zero attached hydrogens (tertiary/aromatic N) is 1. The topological polar surface area (TPSA) is 86.7 Å². The number of aliphatic carboxylic acids is 1. The highest BCUT2D eigenvalue weighted by molar-refractivity contribution is 5.98. The van der Waals surface area contributed by atoms with Gasteiger partial charge in [-0.05, 0) is 30.0 Å². The van der Waals surface area contributed by atoms with Crippen LogP contribution in [0.25, 0.3) is 0 Å². The van der Waals surface area contributed by atoms with Crippen LogP contribution in [-0.4, -0.2) is 41.9 Å². The highest BCUT2D eigenvalue weighted by Gasteiger charge is 2.25. The Morgan fingerprint density at radius 3 is 2.30 bits per heavy atom. The van der Waals surface area contributed by atoms with Gasteiger partial charge in [0.25, 0.3) is 5.91 Å². The predicted molar refractivity (Wildman–Crippen MR) is 88.5 cm³/mol. The fourth-order valence-electron chi connectivity index (χ4n) is 2.28. The van der Waals surface area contributed by atoms with Gasteiger partial charge in [-0.2, -0.15) is 0 Å². The summed E-state index contributed by atoms with van der Waals surface area (Å²) < 4.78 is 0. The molecule has 2 amide bonds. The van der Waals surface area contributed by atoms with E-state index in [1.165, 1.54) is 4.90 Å². The van der Waals surface area contributed by atoms with E-state index in [1.807, 2.05) is 6.92 Å². The third kappa shape index (κ3) is 5.73. The minimum atomic E-state index is -0.933. The lowest BCUT2D eigenvalue weighted by Gasteiger charge is -2.21. The van der Waals surface area contributed by atoms with Crippen LogP contribution in [0.2, 0.25) is 0 Å². The van der Waals surface area contributed by atoms with Crippen molar-refractivity contribution in [1.29, 1.82) is 0 Å². The van der Waals surface area contributed by atoms with Crippen LogP contribution >= 0.6 is 0 Å². The molecule has 0 saturated carbocycles. The SMILES string of the molecule is Cc1ccc(NC(=O)CC(C)(C)CC(=O)O)cc1C(=O)N(C)C. The first-order valence-electron chi connectivity index (χ1n) is 7.36. The lowest BCUT2D eigenvalue weighted by atomic mass is 9.85. The Balaban J connectivity index is 2.85. The molecule has 0 saturated heterocycles. The molecule has 1 rings (SSSR count). The second-order valence-electron chi connectivity index (χ2n) is 6.69. The van der Waals surface area contributed by atoms with Crippen LogP contribution in [0.1, 0.15) is 42.6 Å². The van der Waals surface area contributed by atoms with Crippen molar-refractivity contribution >= 4 is 23.5 Å². The Labute approximate surface area is 136 Å². The van der Waals surface area contributed by atoms with E-state index >= 15 is 0 Å². The lowest BCUT2D eigenvalue weighted by Crippen LogP contribution is -2.25. The average Bonchev–Trinajstić information content (AvgIpc) is 2.37. The van der Waals surface area contributed by atoms with Crippen LogP contribution in [0, 0.1) is 12.3 Å². The zero-order valence-electron chi connectivity index (χ0n) is 14.3. The van der Waals surface area contributed by atoms with Crippen LogP contribution in [-0.2, 0) is 9.59 Å². The third-order valence-corrected chi connectivity index (χ3v) is 3.43. The number of carboxylic acid groups (broad SMARTS) is 1. The Morgan fingerprint density at radius 2 is 1.78 bits per heavy atom. The normalized spacial score (nSPS) is 11.0. The number of carbonyl (C=O) groups excluding carboxylic acids is 2. The Morgan fingerprint density at radius 1 is 1.17 bits per heavy atom. The summed E-state index contributed by atoms with van der Waals surface area (Å²) in [5.74, 6) is -1.34. The molecule has 6 nitrogen and oxygen atoms in total. The maximum Gasteiger partial charge on any atom is 0.303 e. The molecule has 0 aliphatic heterocycles. The van der Waals surface area contributed by atoms with Crippen molar-refractivity contribution in [2.75, 3.05) is 19.4 Å². The predicted octanol–water partition coefficient (Wildman–Crippen LogP) is 2.53. The van der Waals surface area contributed by atoms with Gasteiger partial charge in [0.2, 0.25) is 5.91 Å². The van der Waals surface area contributed by atoms with Gasteiger partial charge in [-0.3, -0.25) is 14.4 Å². The summed E-state index contributed by atoms with van der Waals surface area (Å²) in [5.41, 5.74) is 1.24. The van der Waals surface area contributed by atoms with E-state index in [1.54, 1.807) is 46.1 Å². The summed E-state index contributed by atoms with van der Waals surface area (Å²) in [4.78, 5) is 36.5. The maximum atomic E-state index is 12.1. The zero-order valence-corrected chi connectivity index (χ0v) is 14.3. The van der Waals surface area contributed by atoms with Crippen molar-refractivity contribution in [3.8, 4) is 0 Å². The van der Waals surface area contributed by atoms with Crippen molar-refractivity contribution in [3.63, 3.8) is 0 Å². The van der Waals surface area contributed by atoms with Crippen molar-refractivity contribution in [1.82, 2.24) is 4.90 Å². The monoisotopic (exact) mass is 320 g/mol. The van der Waals surface area contributed by atoms with E-state index in [9.17, 15) is 14.4 Å². The van der Waals surface area contributed by atoms with E-state index in [0.29, 0.717) is 11.3 Å². The van der Waals surface area contributed by atoms with Gasteiger partial charge in [0.1, 0.15) is 0 Å². The number of carbonyl (C=O) groups is 3. The first-order chi connectivity index (χ1) is 10.5. The molecular weight excluding hydrogens is 296 g/mol. The molecule has 0 aromatic heterocycles. The second kappa shape index (κ2) is 7.26. The van der Waals surface area contributed by atoms with E-state index in [2.05, 4.69) is 5.32 Å². The van der Waals surface area contributed by atoms with Gasteiger partial charge in [0.05, 0.1) is 6.42 Å². The van der Waals surface area contributed by atoms with E-state index < -0.39 is 11.4 Å². The molecule has 0 unspecified atom stereocenters. The third-order valence-electron chi connectivity index (χ3n) is 3.43. The van der Waals surface area contributed by atoms with Crippen molar-refractivity contribution in [2.45, 2.75) is 33.6 Å². The second-order valence-corrected chi connectivity index (χ2v) is 6.69. The van der Waals surface area contributed by atoms with Gasteiger partial charge in [-0.25, -0.2) is 0 Å². The molecule has 23 heavy (non-hydrogen) atoms.